The lowest BCUT2D eigenvalue weighted by Crippen LogP contribution is -2.13. The standard InChI is InChI=1S/C14H11N3O7S/c1-23-12-6-8(17(19)20)2-4-11(12)16-25(21,22)9-3-5-10-13(7-9)24-14(18)15-10/h2-7,16H,1H3,(H,15,18). The van der Waals surface area contributed by atoms with Gasteiger partial charge in [0.25, 0.3) is 15.7 Å². The third kappa shape index (κ3) is 3.17. The number of oxazole rings is 1. The molecule has 130 valence electrons. The molecular formula is C14H11N3O7S. The first-order chi connectivity index (χ1) is 11.8. The number of nitro benzene ring substituents is 1. The number of rotatable bonds is 5. The van der Waals surface area contributed by atoms with Crippen LogP contribution >= 0.6 is 0 Å². The van der Waals surface area contributed by atoms with Crippen molar-refractivity contribution in [1.29, 1.82) is 0 Å². The Balaban J connectivity index is 2.00. The Morgan fingerprint density at radius 3 is 2.68 bits per heavy atom. The summed E-state index contributed by atoms with van der Waals surface area (Å²) in [7, 11) is -2.78. The lowest BCUT2D eigenvalue weighted by molar-refractivity contribution is -0.384. The van der Waals surface area contributed by atoms with Crippen LogP contribution in [0.4, 0.5) is 11.4 Å². The van der Waals surface area contributed by atoms with Crippen molar-refractivity contribution >= 4 is 32.5 Å². The summed E-state index contributed by atoms with van der Waals surface area (Å²) >= 11 is 0. The molecule has 0 bridgehead atoms. The smallest absolute Gasteiger partial charge is 0.417 e. The largest absolute Gasteiger partial charge is 0.494 e. The molecular weight excluding hydrogens is 354 g/mol. The molecule has 25 heavy (non-hydrogen) atoms. The van der Waals surface area contributed by atoms with Gasteiger partial charge in [-0.3, -0.25) is 19.8 Å². The van der Waals surface area contributed by atoms with Gasteiger partial charge in [0, 0.05) is 12.1 Å². The van der Waals surface area contributed by atoms with Crippen molar-refractivity contribution < 1.29 is 22.5 Å². The topological polar surface area (TPSA) is 145 Å². The maximum absolute atomic E-state index is 12.5. The van der Waals surface area contributed by atoms with E-state index in [0.717, 1.165) is 12.1 Å². The summed E-state index contributed by atoms with van der Waals surface area (Å²) in [5.74, 6) is -0.707. The Morgan fingerprint density at radius 1 is 1.24 bits per heavy atom. The lowest BCUT2D eigenvalue weighted by Gasteiger charge is -2.11. The molecule has 1 heterocycles. The third-order valence-corrected chi connectivity index (χ3v) is 4.71. The Kier molecular flexibility index (Phi) is 3.93. The average molecular weight is 365 g/mol. The predicted octanol–water partition coefficient (Wildman–Crippen LogP) is 1.84. The van der Waals surface area contributed by atoms with Crippen molar-refractivity contribution in [1.82, 2.24) is 4.98 Å². The molecule has 0 saturated heterocycles. The zero-order valence-electron chi connectivity index (χ0n) is 12.7. The van der Waals surface area contributed by atoms with E-state index in [1.807, 2.05) is 0 Å². The summed E-state index contributed by atoms with van der Waals surface area (Å²) in [5, 5.41) is 10.8. The van der Waals surface area contributed by atoms with Gasteiger partial charge in [-0.1, -0.05) is 0 Å². The number of benzene rings is 2. The zero-order chi connectivity index (χ0) is 18.2. The highest BCUT2D eigenvalue weighted by Gasteiger charge is 2.20. The summed E-state index contributed by atoms with van der Waals surface area (Å²) in [6, 6.07) is 7.34. The molecule has 3 aromatic rings. The van der Waals surface area contributed by atoms with Crippen molar-refractivity contribution in [3.63, 3.8) is 0 Å². The normalized spacial score (nSPS) is 11.4. The van der Waals surface area contributed by atoms with Crippen LogP contribution in [-0.4, -0.2) is 25.4 Å². The van der Waals surface area contributed by atoms with E-state index in [1.165, 1.54) is 31.4 Å². The number of anilines is 1. The second-order valence-corrected chi connectivity index (χ2v) is 6.60. The number of H-pyrrole nitrogens is 1. The fraction of sp³-hybridized carbons (Fsp3) is 0.0714. The quantitative estimate of drug-likeness (QED) is 0.518. The number of non-ortho nitro benzene ring substituents is 1. The summed E-state index contributed by atoms with van der Waals surface area (Å²) in [5.41, 5.74) is 0.236. The molecule has 0 saturated carbocycles. The molecule has 3 rings (SSSR count). The predicted molar refractivity (Wildman–Crippen MR) is 87.3 cm³/mol. The average Bonchev–Trinajstić information content (AvgIpc) is 2.93. The van der Waals surface area contributed by atoms with Crippen LogP contribution in [0.5, 0.6) is 5.75 Å². The maximum Gasteiger partial charge on any atom is 0.417 e. The van der Waals surface area contributed by atoms with Crippen molar-refractivity contribution in [2.75, 3.05) is 11.8 Å². The highest BCUT2D eigenvalue weighted by Crippen LogP contribution is 2.31. The second kappa shape index (κ2) is 5.94. The molecule has 0 fully saturated rings. The number of nitrogens with one attached hydrogen (secondary N) is 2. The van der Waals surface area contributed by atoms with Crippen LogP contribution in [0.25, 0.3) is 11.1 Å². The van der Waals surface area contributed by atoms with Crippen LogP contribution in [0, 0.1) is 10.1 Å². The molecule has 1 aromatic heterocycles. The molecule has 2 N–H and O–H groups in total. The van der Waals surface area contributed by atoms with Gasteiger partial charge in [-0.2, -0.15) is 0 Å². The van der Waals surface area contributed by atoms with E-state index < -0.39 is 20.7 Å². The lowest BCUT2D eigenvalue weighted by atomic mass is 10.2. The van der Waals surface area contributed by atoms with Gasteiger partial charge < -0.3 is 9.15 Å². The highest BCUT2D eigenvalue weighted by molar-refractivity contribution is 7.92. The van der Waals surface area contributed by atoms with E-state index in [-0.39, 0.29) is 27.6 Å². The molecule has 10 nitrogen and oxygen atoms in total. The van der Waals surface area contributed by atoms with Crippen LogP contribution in [0.1, 0.15) is 0 Å². The Morgan fingerprint density at radius 2 is 2.00 bits per heavy atom. The van der Waals surface area contributed by atoms with E-state index in [0.29, 0.717) is 5.52 Å². The molecule has 0 spiro atoms. The molecule has 0 radical (unpaired) electrons. The van der Waals surface area contributed by atoms with Gasteiger partial charge in [0.1, 0.15) is 5.75 Å². The van der Waals surface area contributed by atoms with E-state index in [2.05, 4.69) is 9.71 Å². The van der Waals surface area contributed by atoms with Gasteiger partial charge in [-0.05, 0) is 18.2 Å². The van der Waals surface area contributed by atoms with Crippen LogP contribution in [0.3, 0.4) is 0 Å². The van der Waals surface area contributed by atoms with Crippen LogP contribution in [0.2, 0.25) is 0 Å². The Hall–Kier alpha value is -3.34. The fourth-order valence-corrected chi connectivity index (χ4v) is 3.26. The minimum Gasteiger partial charge on any atom is -0.494 e. The van der Waals surface area contributed by atoms with Gasteiger partial charge in [-0.15, -0.1) is 0 Å². The SMILES string of the molecule is COc1cc([N+](=O)[O-])ccc1NS(=O)(=O)c1ccc2[nH]c(=O)oc2c1. The molecule has 0 unspecified atom stereocenters. The Labute approximate surface area is 140 Å². The van der Waals surface area contributed by atoms with Crippen molar-refractivity contribution in [2.24, 2.45) is 0 Å². The van der Waals surface area contributed by atoms with Crippen LogP contribution in [0.15, 0.2) is 50.5 Å². The molecule has 11 heteroatoms. The summed E-state index contributed by atoms with van der Waals surface area (Å²) < 4.78 is 37.1. The van der Waals surface area contributed by atoms with Crippen LogP contribution < -0.4 is 15.2 Å². The van der Waals surface area contributed by atoms with Crippen molar-refractivity contribution in [3.05, 3.63) is 57.1 Å². The first-order valence-electron chi connectivity index (χ1n) is 6.78. The van der Waals surface area contributed by atoms with E-state index in [4.69, 9.17) is 9.15 Å². The molecule has 2 aromatic carbocycles. The van der Waals surface area contributed by atoms with Crippen LogP contribution in [-0.2, 0) is 10.0 Å². The number of sulfonamides is 1. The number of ether oxygens (including phenoxy) is 1. The number of nitro groups is 1. The first-order valence-corrected chi connectivity index (χ1v) is 8.26. The third-order valence-electron chi connectivity index (χ3n) is 3.34. The van der Waals surface area contributed by atoms with E-state index in [1.54, 1.807) is 0 Å². The first kappa shape index (κ1) is 16.5. The van der Waals surface area contributed by atoms with Gasteiger partial charge in [0.05, 0.1) is 34.2 Å². The Bertz CT molecular complexity index is 1130. The number of fused-ring (bicyclic) bond motifs is 1. The van der Waals surface area contributed by atoms with Crippen molar-refractivity contribution in [3.8, 4) is 5.75 Å². The summed E-state index contributed by atoms with van der Waals surface area (Å²) in [6.45, 7) is 0. The number of hydrogen-bond donors (Lipinski definition) is 2. The maximum atomic E-state index is 12.5. The number of nitrogens with zero attached hydrogens (tertiary/aromatic N) is 1. The summed E-state index contributed by atoms with van der Waals surface area (Å²) in [4.78, 5) is 23.6. The van der Waals surface area contributed by atoms with Gasteiger partial charge in [-0.25, -0.2) is 13.2 Å². The van der Waals surface area contributed by atoms with E-state index in [9.17, 15) is 23.3 Å². The number of aromatic nitrogens is 1. The number of methoxy groups -OCH3 is 1. The molecule has 0 aliphatic heterocycles. The zero-order valence-corrected chi connectivity index (χ0v) is 13.5. The number of hydrogen-bond acceptors (Lipinski definition) is 7. The minimum atomic E-state index is -4.04. The minimum absolute atomic E-state index is 0.00738. The molecule has 0 atom stereocenters. The molecule has 0 aliphatic rings. The van der Waals surface area contributed by atoms with E-state index >= 15 is 0 Å². The van der Waals surface area contributed by atoms with Gasteiger partial charge in [0.15, 0.2) is 5.58 Å². The van der Waals surface area contributed by atoms with Gasteiger partial charge in [0.2, 0.25) is 0 Å². The summed E-state index contributed by atoms with van der Waals surface area (Å²) in [6.07, 6.45) is 0. The monoisotopic (exact) mass is 365 g/mol. The number of aromatic amines is 1. The molecule has 0 amide bonds. The second-order valence-electron chi connectivity index (χ2n) is 4.92. The van der Waals surface area contributed by atoms with Gasteiger partial charge >= 0.3 is 5.76 Å². The fourth-order valence-electron chi connectivity index (χ4n) is 2.17. The van der Waals surface area contributed by atoms with Crippen molar-refractivity contribution in [2.45, 2.75) is 4.90 Å². The highest BCUT2D eigenvalue weighted by atomic mass is 32.2. The molecule has 0 aliphatic carbocycles.